The maximum Gasteiger partial charge on any atom is 0.407 e. The summed E-state index contributed by atoms with van der Waals surface area (Å²) in [5, 5.41) is 7.33. The molecule has 3 heterocycles. The van der Waals surface area contributed by atoms with E-state index in [1.165, 1.54) is 0 Å². The van der Waals surface area contributed by atoms with Gasteiger partial charge in [-0.15, -0.1) is 0 Å². The van der Waals surface area contributed by atoms with Gasteiger partial charge < -0.3 is 15.0 Å². The third-order valence-electron chi connectivity index (χ3n) is 4.02. The van der Waals surface area contributed by atoms with Crippen molar-refractivity contribution in [1.82, 2.24) is 19.9 Å². The maximum absolute atomic E-state index is 11.9. The maximum atomic E-state index is 11.9. The molecule has 1 saturated heterocycles. The van der Waals surface area contributed by atoms with Crippen molar-refractivity contribution in [3.63, 3.8) is 0 Å². The first kappa shape index (κ1) is 16.5. The van der Waals surface area contributed by atoms with Crippen molar-refractivity contribution in [2.45, 2.75) is 52.2 Å². The number of carbonyl (C=O) groups excluding carboxylic acids is 1. The summed E-state index contributed by atoms with van der Waals surface area (Å²) in [6.07, 6.45) is 5.35. The molecular formula is C17H25N5O2. The molecule has 3 rings (SSSR count). The molecule has 130 valence electrons. The van der Waals surface area contributed by atoms with Gasteiger partial charge in [0.1, 0.15) is 11.1 Å². The van der Waals surface area contributed by atoms with Crippen molar-refractivity contribution in [3.8, 4) is 0 Å². The van der Waals surface area contributed by atoms with Gasteiger partial charge in [0.2, 0.25) is 0 Å². The number of aromatic nitrogens is 3. The zero-order valence-electron chi connectivity index (χ0n) is 14.7. The van der Waals surface area contributed by atoms with Crippen molar-refractivity contribution in [3.05, 3.63) is 24.2 Å². The molecule has 0 bridgehead atoms. The minimum Gasteiger partial charge on any atom is -0.444 e. The van der Waals surface area contributed by atoms with Crippen LogP contribution in [0.3, 0.4) is 0 Å². The van der Waals surface area contributed by atoms with Crippen LogP contribution in [-0.4, -0.2) is 45.4 Å². The first-order valence-corrected chi connectivity index (χ1v) is 8.38. The van der Waals surface area contributed by atoms with Crippen molar-refractivity contribution < 1.29 is 9.53 Å². The minimum absolute atomic E-state index is 0.214. The van der Waals surface area contributed by atoms with E-state index in [-0.39, 0.29) is 12.1 Å². The average molecular weight is 331 g/mol. The Bertz CT molecular complexity index is 734. The van der Waals surface area contributed by atoms with Gasteiger partial charge >= 0.3 is 6.09 Å². The summed E-state index contributed by atoms with van der Waals surface area (Å²) in [5.74, 6) is 0.923. The molecule has 2 aromatic rings. The van der Waals surface area contributed by atoms with Crippen LogP contribution in [0.2, 0.25) is 0 Å². The molecule has 0 aliphatic carbocycles. The van der Waals surface area contributed by atoms with Gasteiger partial charge in [-0.25, -0.2) is 14.3 Å². The van der Waals surface area contributed by atoms with Gasteiger partial charge in [0.25, 0.3) is 0 Å². The summed E-state index contributed by atoms with van der Waals surface area (Å²) in [4.78, 5) is 18.7. The van der Waals surface area contributed by atoms with Gasteiger partial charge in [-0.3, -0.25) is 0 Å². The lowest BCUT2D eigenvalue weighted by atomic mass is 10.2. The topological polar surface area (TPSA) is 71.8 Å². The van der Waals surface area contributed by atoms with E-state index in [9.17, 15) is 4.79 Å². The first-order valence-electron chi connectivity index (χ1n) is 8.38. The predicted molar refractivity (Wildman–Crippen MR) is 92.3 cm³/mol. The number of carbonyl (C=O) groups is 1. The molecule has 24 heavy (non-hydrogen) atoms. The molecule has 1 N–H and O–H groups in total. The number of alkyl carbamates (subject to hydrolysis) is 1. The van der Waals surface area contributed by atoms with Crippen LogP contribution >= 0.6 is 0 Å². The highest BCUT2D eigenvalue weighted by atomic mass is 16.6. The molecule has 0 spiro atoms. The zero-order chi connectivity index (χ0) is 17.3. The second-order valence-corrected chi connectivity index (χ2v) is 7.24. The molecule has 0 aromatic carbocycles. The van der Waals surface area contributed by atoms with E-state index >= 15 is 0 Å². The Morgan fingerprint density at radius 2 is 2.25 bits per heavy atom. The van der Waals surface area contributed by atoms with Crippen LogP contribution in [0.15, 0.2) is 18.5 Å². The van der Waals surface area contributed by atoms with Crippen molar-refractivity contribution in [1.29, 1.82) is 0 Å². The Hall–Kier alpha value is -2.31. The standard InChI is InChI=1S/C17H25N5O2/c1-12-10-14-15(18-7-9-22(14)20-12)21-8-5-6-13(21)11-19-16(23)24-17(2,3)4/h7,9-10,13H,5-6,8,11H2,1-4H3,(H,19,23)/t13-/m0/s1. The number of nitrogens with one attached hydrogen (secondary N) is 1. The van der Waals surface area contributed by atoms with Crippen LogP contribution in [0, 0.1) is 6.92 Å². The largest absolute Gasteiger partial charge is 0.444 e. The fourth-order valence-electron chi connectivity index (χ4n) is 3.09. The quantitative estimate of drug-likeness (QED) is 0.936. The smallest absolute Gasteiger partial charge is 0.407 e. The first-order chi connectivity index (χ1) is 11.3. The molecule has 1 amide bonds. The van der Waals surface area contributed by atoms with Crippen LogP contribution in [0.25, 0.3) is 5.52 Å². The van der Waals surface area contributed by atoms with Crippen LogP contribution in [0.4, 0.5) is 10.6 Å². The number of nitrogens with zero attached hydrogens (tertiary/aromatic N) is 4. The molecule has 0 radical (unpaired) electrons. The van der Waals surface area contributed by atoms with Gasteiger partial charge in [-0.2, -0.15) is 5.10 Å². The van der Waals surface area contributed by atoms with Crippen LogP contribution in [-0.2, 0) is 4.74 Å². The zero-order valence-corrected chi connectivity index (χ0v) is 14.7. The highest BCUT2D eigenvalue weighted by Gasteiger charge is 2.28. The van der Waals surface area contributed by atoms with E-state index in [4.69, 9.17) is 4.74 Å². The molecule has 1 aliphatic heterocycles. The number of fused-ring (bicyclic) bond motifs is 1. The molecule has 7 nitrogen and oxygen atoms in total. The summed E-state index contributed by atoms with van der Waals surface area (Å²) in [6.45, 7) is 9.04. The third-order valence-corrected chi connectivity index (χ3v) is 4.02. The average Bonchev–Trinajstić information content (AvgIpc) is 3.07. The Morgan fingerprint density at radius 1 is 1.46 bits per heavy atom. The van der Waals surface area contributed by atoms with E-state index in [0.717, 1.165) is 36.4 Å². The molecule has 1 atom stereocenters. The normalized spacial score (nSPS) is 18.2. The van der Waals surface area contributed by atoms with Crippen LogP contribution in [0.5, 0.6) is 0 Å². The van der Waals surface area contributed by atoms with Gasteiger partial charge in [0.15, 0.2) is 5.82 Å². The third kappa shape index (κ3) is 3.60. The molecule has 0 unspecified atom stereocenters. The highest BCUT2D eigenvalue weighted by molar-refractivity contribution is 5.70. The Labute approximate surface area is 142 Å². The van der Waals surface area contributed by atoms with E-state index < -0.39 is 5.60 Å². The SMILES string of the molecule is Cc1cc2c(N3CCC[C@H]3CNC(=O)OC(C)(C)C)nccn2n1. The second-order valence-electron chi connectivity index (χ2n) is 7.24. The van der Waals surface area contributed by atoms with E-state index in [0.29, 0.717) is 6.54 Å². The number of aryl methyl sites for hydroxylation is 1. The number of hydrogen-bond acceptors (Lipinski definition) is 5. The van der Waals surface area contributed by atoms with Crippen molar-refractivity contribution in [2.24, 2.45) is 0 Å². The second kappa shape index (κ2) is 6.30. The van der Waals surface area contributed by atoms with Gasteiger partial charge in [-0.1, -0.05) is 0 Å². The fraction of sp³-hybridized carbons (Fsp3) is 0.588. The number of hydrogen-bond donors (Lipinski definition) is 1. The highest BCUT2D eigenvalue weighted by Crippen LogP contribution is 2.27. The summed E-state index contributed by atoms with van der Waals surface area (Å²) >= 11 is 0. The van der Waals surface area contributed by atoms with Crippen LogP contribution in [0.1, 0.15) is 39.3 Å². The lowest BCUT2D eigenvalue weighted by Gasteiger charge is -2.27. The number of ether oxygens (including phenoxy) is 1. The van der Waals surface area contributed by atoms with E-state index in [1.54, 1.807) is 6.20 Å². The summed E-state index contributed by atoms with van der Waals surface area (Å²) in [7, 11) is 0. The predicted octanol–water partition coefficient (Wildman–Crippen LogP) is 2.53. The number of rotatable bonds is 3. The van der Waals surface area contributed by atoms with Gasteiger partial charge in [-0.05, 0) is 46.6 Å². The van der Waals surface area contributed by atoms with Gasteiger partial charge in [0.05, 0.1) is 5.69 Å². The Morgan fingerprint density at radius 3 is 3.00 bits per heavy atom. The summed E-state index contributed by atoms with van der Waals surface area (Å²) in [5.41, 5.74) is 1.48. The summed E-state index contributed by atoms with van der Waals surface area (Å²) in [6, 6.07) is 2.25. The number of amides is 1. The fourth-order valence-corrected chi connectivity index (χ4v) is 3.09. The summed E-state index contributed by atoms with van der Waals surface area (Å²) < 4.78 is 7.17. The molecule has 1 fully saturated rings. The molecule has 0 saturated carbocycles. The number of anilines is 1. The lowest BCUT2D eigenvalue weighted by Crippen LogP contribution is -2.42. The van der Waals surface area contributed by atoms with E-state index in [2.05, 4.69) is 20.3 Å². The lowest BCUT2D eigenvalue weighted by molar-refractivity contribution is 0.0525. The monoisotopic (exact) mass is 331 g/mol. The molecular weight excluding hydrogens is 306 g/mol. The van der Waals surface area contributed by atoms with Gasteiger partial charge in [0, 0.05) is 31.5 Å². The minimum atomic E-state index is -0.484. The van der Waals surface area contributed by atoms with Crippen molar-refractivity contribution in [2.75, 3.05) is 18.0 Å². The van der Waals surface area contributed by atoms with Crippen molar-refractivity contribution >= 4 is 17.4 Å². The Kier molecular flexibility index (Phi) is 4.34. The molecule has 7 heteroatoms. The Balaban J connectivity index is 1.72. The molecule has 2 aromatic heterocycles. The van der Waals surface area contributed by atoms with E-state index in [1.807, 2.05) is 44.5 Å². The molecule has 1 aliphatic rings. The van der Waals surface area contributed by atoms with Crippen LogP contribution < -0.4 is 10.2 Å².